The van der Waals surface area contributed by atoms with Gasteiger partial charge in [0.2, 0.25) is 0 Å². The first-order valence-corrected chi connectivity index (χ1v) is 15.4. The normalized spacial score (nSPS) is 20.3. The number of esters is 1. The number of hydrogen-bond acceptors (Lipinski definition) is 10. The summed E-state index contributed by atoms with van der Waals surface area (Å²) in [5.41, 5.74) is 5.11. The molecule has 2 aliphatic rings. The van der Waals surface area contributed by atoms with Gasteiger partial charge in [-0.1, -0.05) is 12.1 Å². The highest BCUT2D eigenvalue weighted by atomic mass is 16.5. The molecule has 10 nitrogen and oxygen atoms in total. The number of benzene rings is 3. The monoisotopic (exact) mass is 629 g/mol. The third-order valence-corrected chi connectivity index (χ3v) is 9.21. The van der Waals surface area contributed by atoms with Crippen molar-refractivity contribution in [2.75, 3.05) is 56.3 Å². The molecule has 0 aromatic heterocycles. The van der Waals surface area contributed by atoms with Gasteiger partial charge in [0.1, 0.15) is 18.4 Å². The second-order valence-corrected chi connectivity index (χ2v) is 11.8. The minimum atomic E-state index is -0.522. The van der Waals surface area contributed by atoms with E-state index in [-0.39, 0.29) is 31.1 Å². The molecule has 0 saturated carbocycles. The van der Waals surface area contributed by atoms with E-state index < -0.39 is 12.1 Å². The van der Waals surface area contributed by atoms with Crippen LogP contribution in [0.15, 0.2) is 48.5 Å². The second-order valence-electron chi connectivity index (χ2n) is 11.8. The number of carbonyl (C=O) groups is 1. The van der Waals surface area contributed by atoms with Crippen LogP contribution in [0.2, 0.25) is 0 Å². The molecule has 46 heavy (non-hydrogen) atoms. The predicted molar refractivity (Wildman–Crippen MR) is 173 cm³/mol. The number of aryl methyl sites for hydroxylation is 1. The Kier molecular flexibility index (Phi) is 10.2. The first-order chi connectivity index (χ1) is 22.3. The van der Waals surface area contributed by atoms with E-state index in [0.29, 0.717) is 42.3 Å². The van der Waals surface area contributed by atoms with Crippen LogP contribution in [0.3, 0.4) is 0 Å². The molecule has 3 aromatic carbocycles. The summed E-state index contributed by atoms with van der Waals surface area (Å²) in [6.45, 7) is 0.0663. The van der Waals surface area contributed by atoms with Crippen molar-refractivity contribution in [2.45, 2.75) is 49.9 Å². The number of likely N-dealkylation sites (N-methyl/N-ethyl adjacent to an activating group) is 1. The van der Waals surface area contributed by atoms with Gasteiger partial charge < -0.3 is 33.3 Å². The van der Waals surface area contributed by atoms with Crippen molar-refractivity contribution in [1.82, 2.24) is 9.80 Å². The van der Waals surface area contributed by atoms with Crippen LogP contribution >= 0.6 is 0 Å². The molecule has 0 aliphatic carbocycles. The summed E-state index contributed by atoms with van der Waals surface area (Å²) >= 11 is 0. The van der Waals surface area contributed by atoms with Gasteiger partial charge in [0, 0.05) is 18.5 Å². The van der Waals surface area contributed by atoms with Gasteiger partial charge in [-0.2, -0.15) is 5.26 Å². The Morgan fingerprint density at radius 2 is 1.46 bits per heavy atom. The topological polar surface area (TPSA) is 103 Å². The highest BCUT2D eigenvalue weighted by molar-refractivity contribution is 5.70. The molecule has 0 fully saturated rings. The number of rotatable bonds is 11. The van der Waals surface area contributed by atoms with Crippen molar-refractivity contribution >= 4 is 5.97 Å². The zero-order chi connectivity index (χ0) is 33.0. The highest BCUT2D eigenvalue weighted by Gasteiger charge is 2.47. The Labute approximate surface area is 271 Å². The molecule has 0 bridgehead atoms. The number of ether oxygens (including phenoxy) is 6. The molecular formula is C36H43N3O7. The summed E-state index contributed by atoms with van der Waals surface area (Å²) in [6, 6.07) is 17.0. The van der Waals surface area contributed by atoms with Crippen molar-refractivity contribution < 1.29 is 33.2 Å². The Bertz CT molecular complexity index is 1600. The highest BCUT2D eigenvalue weighted by Crippen LogP contribution is 2.50. The molecule has 3 aromatic rings. The third-order valence-electron chi connectivity index (χ3n) is 9.21. The Morgan fingerprint density at radius 3 is 2.04 bits per heavy atom. The Balaban J connectivity index is 1.57. The van der Waals surface area contributed by atoms with Gasteiger partial charge in [0.25, 0.3) is 0 Å². The molecule has 0 unspecified atom stereocenters. The van der Waals surface area contributed by atoms with E-state index in [1.807, 2.05) is 62.6 Å². The average molecular weight is 630 g/mol. The van der Waals surface area contributed by atoms with Crippen LogP contribution in [0.25, 0.3) is 0 Å². The smallest absolute Gasteiger partial charge is 0.306 e. The maximum atomic E-state index is 13.2. The summed E-state index contributed by atoms with van der Waals surface area (Å²) < 4.78 is 34.2. The van der Waals surface area contributed by atoms with Crippen molar-refractivity contribution in [2.24, 2.45) is 0 Å². The van der Waals surface area contributed by atoms with Gasteiger partial charge in [0.15, 0.2) is 23.0 Å². The fourth-order valence-electron chi connectivity index (χ4n) is 6.84. The van der Waals surface area contributed by atoms with Crippen LogP contribution in [0.1, 0.15) is 46.3 Å². The first kappa shape index (κ1) is 32.9. The molecule has 2 heterocycles. The molecule has 0 spiro atoms. The first-order valence-electron chi connectivity index (χ1n) is 15.4. The molecule has 2 aliphatic heterocycles. The van der Waals surface area contributed by atoms with Gasteiger partial charge in [-0.3, -0.25) is 9.69 Å². The van der Waals surface area contributed by atoms with E-state index >= 15 is 0 Å². The van der Waals surface area contributed by atoms with E-state index in [9.17, 15) is 10.1 Å². The summed E-state index contributed by atoms with van der Waals surface area (Å²) in [4.78, 5) is 17.6. The van der Waals surface area contributed by atoms with E-state index in [1.165, 1.54) is 0 Å². The van der Waals surface area contributed by atoms with E-state index in [0.717, 1.165) is 33.6 Å². The number of nitrogens with zero attached hydrogens (tertiary/aromatic N) is 3. The maximum Gasteiger partial charge on any atom is 0.306 e. The van der Waals surface area contributed by atoms with Crippen molar-refractivity contribution in [3.63, 3.8) is 0 Å². The lowest BCUT2D eigenvalue weighted by Gasteiger charge is -2.46. The summed E-state index contributed by atoms with van der Waals surface area (Å²) in [5.74, 6) is 2.89. The number of fused-ring (bicyclic) bond motifs is 4. The molecule has 4 atom stereocenters. The van der Waals surface area contributed by atoms with Crippen LogP contribution in [0.5, 0.6) is 28.7 Å². The lowest BCUT2D eigenvalue weighted by atomic mass is 9.83. The largest absolute Gasteiger partial charge is 0.497 e. The fraction of sp³-hybridized carbons (Fsp3) is 0.444. The number of hydrogen-bond donors (Lipinski definition) is 0. The van der Waals surface area contributed by atoms with E-state index in [1.54, 1.807) is 35.5 Å². The summed E-state index contributed by atoms with van der Waals surface area (Å²) in [6.07, 6.45) is 1.97. The zero-order valence-electron chi connectivity index (χ0n) is 27.7. The quantitative estimate of drug-likeness (QED) is 0.272. The number of methoxy groups -OCH3 is 5. The van der Waals surface area contributed by atoms with Crippen molar-refractivity contribution in [1.29, 1.82) is 5.26 Å². The van der Waals surface area contributed by atoms with Gasteiger partial charge in [-0.15, -0.1) is 0 Å². The minimum absolute atomic E-state index is 0.0663. The SMILES string of the molecule is COc1cccc(CCC(=O)OC[C@H]2c3cc(OC)c(OC)cc3C[C@H]3c4cc(OC)c(OC)cc4C[C@H](N(C)C)[C@H](C#N)N23)c1. The van der Waals surface area contributed by atoms with Crippen LogP contribution < -0.4 is 23.7 Å². The molecular weight excluding hydrogens is 586 g/mol. The molecule has 0 amide bonds. The minimum Gasteiger partial charge on any atom is -0.497 e. The lowest BCUT2D eigenvalue weighted by Crippen LogP contribution is -2.53. The standard InChI is InChI=1S/C36H43N3O7/c1-38(2)29-15-24-17-33(43-5)34(44-6)18-26(24)28-14-23-16-32(42-4)35(45-7)19-27(23)31(39(28)30(29)20-37)21-46-36(40)12-11-22-9-8-10-25(13-22)41-3/h8-10,13,16-19,28-31H,11-12,14-15,21H2,1-7H3/t28-,29-,30-,31-/m0/s1. The zero-order valence-corrected chi connectivity index (χ0v) is 27.7. The van der Waals surface area contributed by atoms with Crippen LogP contribution in [0.4, 0.5) is 0 Å². The second kappa shape index (κ2) is 14.3. The lowest BCUT2D eigenvalue weighted by molar-refractivity contribution is -0.146. The van der Waals surface area contributed by atoms with Gasteiger partial charge in [-0.25, -0.2) is 0 Å². The molecule has 244 valence electrons. The fourth-order valence-corrected chi connectivity index (χ4v) is 6.84. The number of nitriles is 1. The molecule has 0 radical (unpaired) electrons. The average Bonchev–Trinajstić information content (AvgIpc) is 3.21. The van der Waals surface area contributed by atoms with Crippen LogP contribution in [-0.4, -0.2) is 84.1 Å². The maximum absolute atomic E-state index is 13.2. The Hall–Kier alpha value is -4.46. The Morgan fingerprint density at radius 1 is 0.848 bits per heavy atom. The van der Waals surface area contributed by atoms with E-state index in [4.69, 9.17) is 28.4 Å². The summed E-state index contributed by atoms with van der Waals surface area (Å²) in [5, 5.41) is 10.8. The molecule has 0 N–H and O–H groups in total. The van der Waals surface area contributed by atoms with Gasteiger partial charge in [0.05, 0.1) is 47.7 Å². The summed E-state index contributed by atoms with van der Waals surface area (Å²) in [7, 11) is 12.1. The van der Waals surface area contributed by atoms with Crippen LogP contribution in [0, 0.1) is 11.3 Å². The molecule has 10 heteroatoms. The van der Waals surface area contributed by atoms with Gasteiger partial charge >= 0.3 is 5.97 Å². The van der Waals surface area contributed by atoms with Crippen LogP contribution in [-0.2, 0) is 28.8 Å². The van der Waals surface area contributed by atoms with Crippen molar-refractivity contribution in [3.8, 4) is 34.8 Å². The predicted octanol–water partition coefficient (Wildman–Crippen LogP) is 4.92. The van der Waals surface area contributed by atoms with Crippen molar-refractivity contribution in [3.05, 3.63) is 76.3 Å². The molecule has 5 rings (SSSR count). The number of carbonyl (C=O) groups excluding carboxylic acids is 1. The van der Waals surface area contributed by atoms with E-state index in [2.05, 4.69) is 15.9 Å². The van der Waals surface area contributed by atoms with Gasteiger partial charge in [-0.05, 0) is 97.6 Å². The third kappa shape index (κ3) is 6.43. The molecule has 0 saturated heterocycles.